The van der Waals surface area contributed by atoms with Gasteiger partial charge in [0, 0.05) is 11.1 Å². The van der Waals surface area contributed by atoms with E-state index in [-0.39, 0.29) is 0 Å². The zero-order valence-electron chi connectivity index (χ0n) is 10.7. The molecule has 0 saturated carbocycles. The molecule has 4 rings (SSSR count). The fourth-order valence-corrected chi connectivity index (χ4v) is 5.59. The van der Waals surface area contributed by atoms with Crippen LogP contribution in [-0.2, 0) is 0 Å². The van der Waals surface area contributed by atoms with Crippen LogP contribution in [0.2, 0.25) is 0 Å². The van der Waals surface area contributed by atoms with Gasteiger partial charge >= 0.3 is 0 Å². The van der Waals surface area contributed by atoms with Crippen LogP contribution in [0.25, 0.3) is 5.57 Å². The topological polar surface area (TPSA) is 3.01 Å². The second kappa shape index (κ2) is 3.60. The van der Waals surface area contributed by atoms with Gasteiger partial charge in [-0.1, -0.05) is 30.3 Å². The Balaban J connectivity index is 1.75. The normalized spacial score (nSPS) is 41.6. The minimum atomic E-state index is 0.463. The van der Waals surface area contributed by atoms with Crippen molar-refractivity contribution < 1.29 is 0 Å². The molecule has 2 fully saturated rings. The summed E-state index contributed by atoms with van der Waals surface area (Å²) in [4.78, 5) is 2.77. The summed E-state index contributed by atoms with van der Waals surface area (Å²) >= 11 is 2.59. The van der Waals surface area contributed by atoms with E-state index in [1.165, 1.54) is 37.8 Å². The Morgan fingerprint density at radius 2 is 1.94 bits per heavy atom. The molecule has 1 nitrogen and oxygen atoms in total. The Labute approximate surface area is 122 Å². The second-order valence-corrected chi connectivity index (χ2v) is 7.47. The first-order chi connectivity index (χ1) is 8.67. The minimum absolute atomic E-state index is 0.463. The van der Waals surface area contributed by atoms with Crippen LogP contribution < -0.4 is 0 Å². The SMILES string of the molecule is C[C@@]12CC(c3ccccc3)=C(I)C[C@@]13CCCN32. The van der Waals surface area contributed by atoms with E-state index < -0.39 is 0 Å². The van der Waals surface area contributed by atoms with E-state index in [1.54, 1.807) is 9.15 Å². The van der Waals surface area contributed by atoms with Gasteiger partial charge in [-0.05, 0) is 76.5 Å². The summed E-state index contributed by atoms with van der Waals surface area (Å²) in [5, 5.41) is 0. The largest absolute Gasteiger partial charge is 0.288 e. The molecular weight excluding hydrogens is 333 g/mol. The van der Waals surface area contributed by atoms with Crippen molar-refractivity contribution in [3.05, 3.63) is 39.5 Å². The summed E-state index contributed by atoms with van der Waals surface area (Å²) in [6.07, 6.45) is 5.35. The second-order valence-electron chi connectivity index (χ2n) is 6.16. The molecule has 3 atom stereocenters. The molecule has 2 heterocycles. The summed E-state index contributed by atoms with van der Waals surface area (Å²) in [5.41, 5.74) is 4.04. The quantitative estimate of drug-likeness (QED) is 0.540. The Hall–Kier alpha value is -0.350. The third-order valence-corrected chi connectivity index (χ3v) is 6.49. The highest BCUT2D eigenvalue weighted by molar-refractivity contribution is 14.1. The molecule has 1 spiro atoms. The molecule has 1 unspecified atom stereocenters. The van der Waals surface area contributed by atoms with E-state index in [2.05, 4.69) is 64.7 Å². The number of fused-ring (bicyclic) bond motifs is 1. The first kappa shape index (κ1) is 11.5. The lowest BCUT2D eigenvalue weighted by molar-refractivity contribution is 0.439. The maximum atomic E-state index is 2.77. The van der Waals surface area contributed by atoms with Crippen LogP contribution in [0.15, 0.2) is 33.9 Å². The smallest absolute Gasteiger partial charge is 0.0445 e. The monoisotopic (exact) mass is 351 g/mol. The van der Waals surface area contributed by atoms with Crippen molar-refractivity contribution in [2.75, 3.05) is 6.54 Å². The van der Waals surface area contributed by atoms with Gasteiger partial charge in [-0.2, -0.15) is 0 Å². The maximum absolute atomic E-state index is 2.77. The molecule has 0 aromatic heterocycles. The highest BCUT2D eigenvalue weighted by Crippen LogP contribution is 2.68. The van der Waals surface area contributed by atoms with Crippen LogP contribution in [0.3, 0.4) is 0 Å². The van der Waals surface area contributed by atoms with Crippen LogP contribution in [0.5, 0.6) is 0 Å². The molecule has 0 radical (unpaired) electrons. The molecule has 1 aromatic rings. The highest BCUT2D eigenvalue weighted by atomic mass is 127. The van der Waals surface area contributed by atoms with Crippen molar-refractivity contribution >= 4 is 28.2 Å². The van der Waals surface area contributed by atoms with E-state index in [0.29, 0.717) is 11.1 Å². The molecule has 94 valence electrons. The zero-order valence-corrected chi connectivity index (χ0v) is 12.9. The van der Waals surface area contributed by atoms with Gasteiger partial charge in [0.2, 0.25) is 0 Å². The van der Waals surface area contributed by atoms with E-state index in [4.69, 9.17) is 0 Å². The molecule has 2 saturated heterocycles. The van der Waals surface area contributed by atoms with Crippen molar-refractivity contribution in [1.29, 1.82) is 0 Å². The van der Waals surface area contributed by atoms with Crippen molar-refractivity contribution in [2.45, 2.75) is 43.7 Å². The lowest BCUT2D eigenvalue weighted by Gasteiger charge is -2.28. The van der Waals surface area contributed by atoms with E-state index in [9.17, 15) is 0 Å². The Bertz CT molecular complexity index is 535. The number of hydrogen-bond acceptors (Lipinski definition) is 1. The van der Waals surface area contributed by atoms with Gasteiger partial charge in [0.1, 0.15) is 0 Å². The van der Waals surface area contributed by atoms with Gasteiger partial charge in [0.05, 0.1) is 0 Å². The summed E-state index contributed by atoms with van der Waals surface area (Å²) < 4.78 is 1.60. The average Bonchev–Trinajstić information content (AvgIpc) is 2.72. The van der Waals surface area contributed by atoms with Gasteiger partial charge in [-0.15, -0.1) is 0 Å². The standard InChI is InChI=1S/C16H18IN/c1-15-10-13(12-6-3-2-4-7-12)14(17)11-16(15)8-5-9-18(15)16/h2-4,6-7H,5,8-11H2,1H3/t15-,16+,18?/m1/s1. The van der Waals surface area contributed by atoms with Crippen LogP contribution in [0.4, 0.5) is 0 Å². The zero-order chi connectivity index (χ0) is 12.4. The Morgan fingerprint density at radius 1 is 1.17 bits per heavy atom. The van der Waals surface area contributed by atoms with E-state index >= 15 is 0 Å². The van der Waals surface area contributed by atoms with Crippen LogP contribution in [-0.4, -0.2) is 22.5 Å². The highest BCUT2D eigenvalue weighted by Gasteiger charge is 2.74. The number of rotatable bonds is 1. The van der Waals surface area contributed by atoms with Crippen molar-refractivity contribution in [3.63, 3.8) is 0 Å². The molecule has 1 aromatic carbocycles. The first-order valence-corrected chi connectivity index (χ1v) is 7.96. The molecule has 3 aliphatic rings. The Kier molecular flexibility index (Phi) is 2.30. The molecule has 1 aliphatic carbocycles. The predicted octanol–water partition coefficient (Wildman–Crippen LogP) is 4.23. The maximum Gasteiger partial charge on any atom is 0.0445 e. The molecular formula is C16H18IN. The minimum Gasteiger partial charge on any atom is -0.288 e. The number of benzene rings is 1. The average molecular weight is 351 g/mol. The van der Waals surface area contributed by atoms with E-state index in [1.807, 2.05) is 0 Å². The molecule has 18 heavy (non-hydrogen) atoms. The molecule has 2 aliphatic heterocycles. The van der Waals surface area contributed by atoms with Gasteiger partial charge in [0.15, 0.2) is 0 Å². The molecule has 2 heteroatoms. The van der Waals surface area contributed by atoms with Crippen LogP contribution in [0, 0.1) is 0 Å². The Morgan fingerprint density at radius 3 is 2.72 bits per heavy atom. The van der Waals surface area contributed by atoms with E-state index in [0.717, 1.165) is 0 Å². The lowest BCUT2D eigenvalue weighted by Crippen LogP contribution is -2.28. The van der Waals surface area contributed by atoms with Crippen LogP contribution >= 0.6 is 22.6 Å². The number of hydrogen-bond donors (Lipinski definition) is 0. The van der Waals surface area contributed by atoms with Gasteiger partial charge < -0.3 is 0 Å². The van der Waals surface area contributed by atoms with Gasteiger partial charge in [-0.25, -0.2) is 0 Å². The fraction of sp³-hybridized carbons (Fsp3) is 0.500. The number of nitrogens with zero attached hydrogens (tertiary/aromatic N) is 1. The third kappa shape index (κ3) is 1.26. The predicted molar refractivity (Wildman–Crippen MR) is 83.7 cm³/mol. The summed E-state index contributed by atoms with van der Waals surface area (Å²) in [6, 6.07) is 11.0. The van der Waals surface area contributed by atoms with Crippen molar-refractivity contribution in [1.82, 2.24) is 4.90 Å². The first-order valence-electron chi connectivity index (χ1n) is 6.88. The number of halogens is 1. The number of piperidine rings is 1. The van der Waals surface area contributed by atoms with Crippen molar-refractivity contribution in [2.24, 2.45) is 0 Å². The summed E-state index contributed by atoms with van der Waals surface area (Å²) in [5.74, 6) is 0. The molecule has 0 bridgehead atoms. The lowest BCUT2D eigenvalue weighted by atomic mass is 9.77. The molecule has 0 amide bonds. The summed E-state index contributed by atoms with van der Waals surface area (Å²) in [6.45, 7) is 3.81. The molecule has 0 N–H and O–H groups in total. The fourth-order valence-electron chi connectivity index (χ4n) is 4.46. The third-order valence-electron chi connectivity index (χ3n) is 5.46. The summed E-state index contributed by atoms with van der Waals surface area (Å²) in [7, 11) is 0. The van der Waals surface area contributed by atoms with Gasteiger partial charge in [-0.3, -0.25) is 4.90 Å². The van der Waals surface area contributed by atoms with Crippen LogP contribution in [0.1, 0.15) is 38.2 Å². The van der Waals surface area contributed by atoms with Gasteiger partial charge in [0.25, 0.3) is 0 Å². The van der Waals surface area contributed by atoms with Crippen molar-refractivity contribution in [3.8, 4) is 0 Å².